The van der Waals surface area contributed by atoms with Gasteiger partial charge in [-0.1, -0.05) is 0 Å². The lowest BCUT2D eigenvalue weighted by Crippen LogP contribution is -2.61. The summed E-state index contributed by atoms with van der Waals surface area (Å²) >= 11 is 0. The predicted octanol–water partition coefficient (Wildman–Crippen LogP) is -0.460. The summed E-state index contributed by atoms with van der Waals surface area (Å²) in [4.78, 5) is 29.5. The Balaban J connectivity index is 1.50. The molecule has 0 spiro atoms. The maximum absolute atomic E-state index is 13.1. The monoisotopic (exact) mass is 370 g/mol. The zero-order valence-electron chi connectivity index (χ0n) is 15.0. The molecule has 4 rings (SSSR count). The lowest BCUT2D eigenvalue weighted by Gasteiger charge is -2.39. The van der Waals surface area contributed by atoms with Crippen molar-refractivity contribution >= 4 is 11.8 Å². The normalized spacial score (nSPS) is 20.5. The van der Waals surface area contributed by atoms with Crippen LogP contribution in [0.1, 0.15) is 10.4 Å². The van der Waals surface area contributed by atoms with E-state index < -0.39 is 6.04 Å². The Morgan fingerprint density at radius 1 is 1.04 bits per heavy atom. The van der Waals surface area contributed by atoms with Crippen LogP contribution in [0.4, 0.5) is 0 Å². The van der Waals surface area contributed by atoms with E-state index in [1.807, 2.05) is 12.1 Å². The molecule has 0 aliphatic carbocycles. The second kappa shape index (κ2) is 7.85. The average Bonchev–Trinajstić information content (AvgIpc) is 3.28. The van der Waals surface area contributed by atoms with Gasteiger partial charge in [-0.2, -0.15) is 0 Å². The summed E-state index contributed by atoms with van der Waals surface area (Å²) in [5.74, 6) is -0.140. The molecule has 2 aromatic rings. The molecule has 3 heterocycles. The highest BCUT2D eigenvalue weighted by molar-refractivity contribution is 5.98. The van der Waals surface area contributed by atoms with Gasteiger partial charge in [-0.25, -0.2) is 0 Å². The van der Waals surface area contributed by atoms with Gasteiger partial charge in [-0.05, 0) is 24.3 Å². The Labute approximate surface area is 156 Å². The van der Waals surface area contributed by atoms with E-state index in [-0.39, 0.29) is 11.8 Å². The van der Waals surface area contributed by atoms with Crippen LogP contribution >= 0.6 is 0 Å². The third-order valence-electron chi connectivity index (χ3n) is 4.94. The number of carbonyl (C=O) groups excluding carboxylic acids is 2. The number of carbonyl (C=O) groups is 2. The highest BCUT2D eigenvalue weighted by Gasteiger charge is 2.35. The Morgan fingerprint density at radius 2 is 1.74 bits per heavy atom. The number of piperazine rings is 1. The van der Waals surface area contributed by atoms with Crippen molar-refractivity contribution in [2.45, 2.75) is 6.04 Å². The van der Waals surface area contributed by atoms with Crippen molar-refractivity contribution in [1.29, 1.82) is 0 Å². The van der Waals surface area contributed by atoms with Crippen LogP contribution in [0.25, 0.3) is 5.69 Å². The highest BCUT2D eigenvalue weighted by Crippen LogP contribution is 2.16. The van der Waals surface area contributed by atoms with Gasteiger partial charge in [-0.15, -0.1) is 10.2 Å². The molecule has 9 heteroatoms. The van der Waals surface area contributed by atoms with Gasteiger partial charge in [0.05, 0.1) is 13.2 Å². The molecule has 0 saturated carbocycles. The number of aromatic nitrogens is 3. The summed E-state index contributed by atoms with van der Waals surface area (Å²) in [6.07, 6.45) is 3.20. The zero-order valence-corrected chi connectivity index (χ0v) is 15.0. The molecule has 142 valence electrons. The third kappa shape index (κ3) is 3.69. The molecule has 1 aromatic carbocycles. The van der Waals surface area contributed by atoms with Gasteiger partial charge in [-0.3, -0.25) is 14.2 Å². The maximum atomic E-state index is 13.1. The minimum absolute atomic E-state index is 0.0139. The molecule has 0 bridgehead atoms. The number of hydrogen-bond acceptors (Lipinski definition) is 6. The molecule has 2 aliphatic rings. The fourth-order valence-corrected chi connectivity index (χ4v) is 3.44. The van der Waals surface area contributed by atoms with E-state index in [0.29, 0.717) is 51.5 Å². The first kappa shape index (κ1) is 17.6. The van der Waals surface area contributed by atoms with Gasteiger partial charge in [0.1, 0.15) is 18.7 Å². The number of amides is 2. The second-order valence-corrected chi connectivity index (χ2v) is 6.57. The van der Waals surface area contributed by atoms with Crippen LogP contribution in [-0.4, -0.2) is 88.4 Å². The maximum Gasteiger partial charge on any atom is 0.254 e. The van der Waals surface area contributed by atoms with Crippen LogP contribution in [0, 0.1) is 0 Å². The summed E-state index contributed by atoms with van der Waals surface area (Å²) in [6.45, 7) is 3.90. The minimum atomic E-state index is -0.484. The fourth-order valence-electron chi connectivity index (χ4n) is 3.44. The molecule has 9 nitrogen and oxygen atoms in total. The topological polar surface area (TPSA) is 92.6 Å². The largest absolute Gasteiger partial charge is 0.378 e. The van der Waals surface area contributed by atoms with Crippen molar-refractivity contribution in [3.05, 3.63) is 42.5 Å². The Bertz CT molecular complexity index is 786. The van der Waals surface area contributed by atoms with Gasteiger partial charge >= 0.3 is 0 Å². The quantitative estimate of drug-likeness (QED) is 0.786. The number of nitrogens with zero attached hydrogens (tertiary/aromatic N) is 5. The lowest BCUT2D eigenvalue weighted by molar-refractivity contribution is -0.140. The first-order valence-electron chi connectivity index (χ1n) is 9.07. The number of morpholine rings is 1. The zero-order chi connectivity index (χ0) is 18.6. The molecular weight excluding hydrogens is 348 g/mol. The number of hydrogen-bond donors (Lipinski definition) is 1. The highest BCUT2D eigenvalue weighted by atomic mass is 16.5. The average molecular weight is 370 g/mol. The molecule has 1 aromatic heterocycles. The van der Waals surface area contributed by atoms with Crippen molar-refractivity contribution in [3.63, 3.8) is 0 Å². The molecular formula is C18H22N6O3. The van der Waals surface area contributed by atoms with Crippen molar-refractivity contribution in [2.75, 3.05) is 45.9 Å². The number of nitrogens with one attached hydrogen (secondary N) is 1. The van der Waals surface area contributed by atoms with E-state index in [9.17, 15) is 9.59 Å². The van der Waals surface area contributed by atoms with Crippen LogP contribution in [-0.2, 0) is 9.53 Å². The number of benzene rings is 1. The summed E-state index contributed by atoms with van der Waals surface area (Å²) in [5.41, 5.74) is 1.44. The van der Waals surface area contributed by atoms with E-state index in [4.69, 9.17) is 4.74 Å². The molecule has 2 aliphatic heterocycles. The molecule has 0 radical (unpaired) electrons. The van der Waals surface area contributed by atoms with Crippen molar-refractivity contribution in [1.82, 2.24) is 29.9 Å². The minimum Gasteiger partial charge on any atom is -0.378 e. The number of rotatable bonds is 3. The number of ether oxygens (including phenoxy) is 1. The van der Waals surface area contributed by atoms with Crippen LogP contribution in [0.2, 0.25) is 0 Å². The lowest BCUT2D eigenvalue weighted by atomic mass is 10.1. The van der Waals surface area contributed by atoms with Gasteiger partial charge in [0.25, 0.3) is 5.91 Å². The van der Waals surface area contributed by atoms with Crippen LogP contribution < -0.4 is 5.32 Å². The summed E-state index contributed by atoms with van der Waals surface area (Å²) in [7, 11) is 0. The summed E-state index contributed by atoms with van der Waals surface area (Å²) < 4.78 is 7.09. The predicted molar refractivity (Wildman–Crippen MR) is 96.5 cm³/mol. The Kier molecular flexibility index (Phi) is 5.12. The van der Waals surface area contributed by atoms with Gasteiger partial charge in [0, 0.05) is 44.0 Å². The van der Waals surface area contributed by atoms with Crippen LogP contribution in [0.15, 0.2) is 36.9 Å². The third-order valence-corrected chi connectivity index (χ3v) is 4.94. The standard InChI is InChI=1S/C18H22N6O3/c25-17(14-1-3-15(4-2-14)23-12-20-21-13-23)24-6-5-19-11-16(24)18(26)22-7-9-27-10-8-22/h1-4,12-13,16,19H,5-11H2. The van der Waals surface area contributed by atoms with Gasteiger partial charge in [0.2, 0.25) is 5.91 Å². The van der Waals surface area contributed by atoms with E-state index in [0.717, 1.165) is 5.69 Å². The molecule has 2 saturated heterocycles. The molecule has 1 unspecified atom stereocenters. The van der Waals surface area contributed by atoms with Crippen molar-refractivity contribution in [2.24, 2.45) is 0 Å². The molecule has 2 fully saturated rings. The van der Waals surface area contributed by atoms with Crippen LogP contribution in [0.5, 0.6) is 0 Å². The van der Waals surface area contributed by atoms with E-state index in [2.05, 4.69) is 15.5 Å². The summed E-state index contributed by atoms with van der Waals surface area (Å²) in [6, 6.07) is 6.75. The van der Waals surface area contributed by atoms with Gasteiger partial charge in [0.15, 0.2) is 0 Å². The molecule has 1 N–H and O–H groups in total. The molecule has 1 atom stereocenters. The van der Waals surface area contributed by atoms with E-state index >= 15 is 0 Å². The van der Waals surface area contributed by atoms with Gasteiger partial charge < -0.3 is 19.9 Å². The fraction of sp³-hybridized carbons (Fsp3) is 0.444. The first-order chi connectivity index (χ1) is 13.2. The smallest absolute Gasteiger partial charge is 0.254 e. The SMILES string of the molecule is O=C(C1CNCCN1C(=O)c1ccc(-n2cnnc2)cc1)N1CCOCC1. The Morgan fingerprint density at radius 3 is 2.44 bits per heavy atom. The van der Waals surface area contributed by atoms with Crippen molar-refractivity contribution < 1.29 is 14.3 Å². The summed E-state index contributed by atoms with van der Waals surface area (Å²) in [5, 5.41) is 10.8. The molecule has 27 heavy (non-hydrogen) atoms. The van der Waals surface area contributed by atoms with E-state index in [1.54, 1.807) is 39.2 Å². The first-order valence-corrected chi connectivity index (χ1v) is 9.07. The molecule has 2 amide bonds. The second-order valence-electron chi connectivity index (χ2n) is 6.57. The van der Waals surface area contributed by atoms with Crippen molar-refractivity contribution in [3.8, 4) is 5.69 Å². The Hall–Kier alpha value is -2.78. The van der Waals surface area contributed by atoms with Crippen LogP contribution in [0.3, 0.4) is 0 Å². The van der Waals surface area contributed by atoms with E-state index in [1.165, 1.54) is 0 Å².